The number of rotatable bonds is 6. The molecule has 4 heteroatoms. The van der Waals surface area contributed by atoms with Crippen LogP contribution in [0.4, 0.5) is 5.69 Å². The van der Waals surface area contributed by atoms with E-state index in [9.17, 15) is 9.00 Å². The maximum absolute atomic E-state index is 12.7. The van der Waals surface area contributed by atoms with Gasteiger partial charge in [-0.3, -0.25) is 9.00 Å². The number of carbonyl (C=O) groups is 1. The van der Waals surface area contributed by atoms with E-state index in [1.807, 2.05) is 72.8 Å². The van der Waals surface area contributed by atoms with Gasteiger partial charge in [-0.1, -0.05) is 72.8 Å². The molecule has 3 aromatic carbocycles. The van der Waals surface area contributed by atoms with Gasteiger partial charge in [-0.15, -0.1) is 0 Å². The Morgan fingerprint density at radius 2 is 1.35 bits per heavy atom. The van der Waals surface area contributed by atoms with Gasteiger partial charge < -0.3 is 5.32 Å². The highest BCUT2D eigenvalue weighted by Crippen LogP contribution is 2.24. The third-order valence-electron chi connectivity index (χ3n) is 3.88. The zero-order valence-corrected chi connectivity index (χ0v) is 15.2. The van der Waals surface area contributed by atoms with Gasteiger partial charge >= 0.3 is 0 Å². The molecule has 0 aliphatic heterocycles. The highest BCUT2D eigenvalue weighted by atomic mass is 32.2. The molecule has 3 rings (SSSR count). The Labute approximate surface area is 155 Å². The molecule has 0 saturated carbocycles. The Morgan fingerprint density at radius 1 is 0.808 bits per heavy atom. The molecular weight excluding hydrogens is 342 g/mol. The average molecular weight is 361 g/mol. The first-order chi connectivity index (χ1) is 12.6. The van der Waals surface area contributed by atoms with Gasteiger partial charge in [0.05, 0.1) is 21.4 Å². The van der Waals surface area contributed by atoms with Crippen LogP contribution in [0.5, 0.6) is 0 Å². The van der Waals surface area contributed by atoms with E-state index < -0.39 is 10.8 Å². The SMILES string of the molecule is CS(=O)c1ccccc1N/C(=C/C(=O)c1ccccc1)c1ccccc1. The second kappa shape index (κ2) is 8.41. The lowest BCUT2D eigenvalue weighted by Crippen LogP contribution is -2.05. The molecule has 0 bridgehead atoms. The van der Waals surface area contributed by atoms with Crippen molar-refractivity contribution in [3.05, 3.63) is 102 Å². The summed E-state index contributed by atoms with van der Waals surface area (Å²) in [6, 6.07) is 26.2. The molecule has 0 aliphatic carbocycles. The molecular formula is C22H19NO2S. The van der Waals surface area contributed by atoms with E-state index in [-0.39, 0.29) is 5.78 Å². The molecule has 3 aromatic rings. The number of para-hydroxylation sites is 1. The lowest BCUT2D eigenvalue weighted by atomic mass is 10.1. The minimum absolute atomic E-state index is 0.0907. The Morgan fingerprint density at radius 3 is 1.96 bits per heavy atom. The summed E-state index contributed by atoms with van der Waals surface area (Å²) in [5.74, 6) is -0.0907. The molecule has 130 valence electrons. The van der Waals surface area contributed by atoms with Crippen LogP contribution in [0.25, 0.3) is 5.70 Å². The zero-order chi connectivity index (χ0) is 18.4. The van der Waals surface area contributed by atoms with Crippen molar-refractivity contribution in [1.82, 2.24) is 0 Å². The number of hydrogen-bond donors (Lipinski definition) is 1. The van der Waals surface area contributed by atoms with E-state index in [4.69, 9.17) is 0 Å². The van der Waals surface area contributed by atoms with Crippen LogP contribution in [-0.4, -0.2) is 16.2 Å². The highest BCUT2D eigenvalue weighted by molar-refractivity contribution is 7.84. The Balaban J connectivity index is 2.02. The standard InChI is InChI=1S/C22H19NO2S/c1-26(25)22-15-9-8-14-19(22)23-20(17-10-4-2-5-11-17)16-21(24)18-12-6-3-7-13-18/h2-16,23H,1H3/b20-16+. The summed E-state index contributed by atoms with van der Waals surface area (Å²) in [5, 5.41) is 3.29. The van der Waals surface area contributed by atoms with Gasteiger partial charge in [-0.05, 0) is 17.7 Å². The zero-order valence-electron chi connectivity index (χ0n) is 14.4. The molecule has 1 atom stereocenters. The Kier molecular flexibility index (Phi) is 5.77. The third kappa shape index (κ3) is 4.35. The fourth-order valence-electron chi connectivity index (χ4n) is 2.59. The maximum Gasteiger partial charge on any atom is 0.187 e. The Hall–Kier alpha value is -2.98. The summed E-state index contributed by atoms with van der Waals surface area (Å²) in [4.78, 5) is 13.4. The highest BCUT2D eigenvalue weighted by Gasteiger charge is 2.11. The summed E-state index contributed by atoms with van der Waals surface area (Å²) in [6.07, 6.45) is 3.22. The normalized spacial score (nSPS) is 12.4. The second-order valence-corrected chi connectivity index (χ2v) is 7.08. The van der Waals surface area contributed by atoms with E-state index in [1.165, 1.54) is 0 Å². The lowest BCUT2D eigenvalue weighted by Gasteiger charge is -2.14. The first-order valence-electron chi connectivity index (χ1n) is 8.21. The van der Waals surface area contributed by atoms with Gasteiger partial charge in [0.25, 0.3) is 0 Å². The molecule has 26 heavy (non-hydrogen) atoms. The van der Waals surface area contributed by atoms with Gasteiger partial charge in [0.15, 0.2) is 5.78 Å². The molecule has 0 spiro atoms. The fourth-order valence-corrected chi connectivity index (χ4v) is 3.29. The molecule has 0 saturated heterocycles. The number of allylic oxidation sites excluding steroid dienone is 1. The summed E-state index contributed by atoms with van der Waals surface area (Å²) in [6.45, 7) is 0. The smallest absolute Gasteiger partial charge is 0.187 e. The monoisotopic (exact) mass is 361 g/mol. The number of anilines is 1. The van der Waals surface area contributed by atoms with Gasteiger partial charge in [0, 0.05) is 23.6 Å². The van der Waals surface area contributed by atoms with E-state index in [2.05, 4.69) is 5.32 Å². The van der Waals surface area contributed by atoms with Gasteiger partial charge in [-0.25, -0.2) is 0 Å². The van der Waals surface area contributed by atoms with Crippen LogP contribution in [0.1, 0.15) is 15.9 Å². The minimum Gasteiger partial charge on any atom is -0.354 e. The molecule has 1 N–H and O–H groups in total. The molecule has 0 aromatic heterocycles. The third-order valence-corrected chi connectivity index (χ3v) is 4.86. The van der Waals surface area contributed by atoms with Gasteiger partial charge in [0.2, 0.25) is 0 Å². The van der Waals surface area contributed by atoms with Crippen molar-refractivity contribution in [2.24, 2.45) is 0 Å². The summed E-state index contributed by atoms with van der Waals surface area (Å²) < 4.78 is 12.0. The lowest BCUT2D eigenvalue weighted by molar-refractivity contribution is 0.104. The number of ketones is 1. The van der Waals surface area contributed by atoms with E-state index in [0.29, 0.717) is 16.2 Å². The van der Waals surface area contributed by atoms with Crippen molar-refractivity contribution < 1.29 is 9.00 Å². The molecule has 0 radical (unpaired) electrons. The van der Waals surface area contributed by atoms with Crippen LogP contribution in [-0.2, 0) is 10.8 Å². The molecule has 0 aliphatic rings. The maximum atomic E-state index is 12.7. The molecule has 0 fully saturated rings. The molecule has 0 amide bonds. The minimum atomic E-state index is -1.14. The van der Waals surface area contributed by atoms with Crippen molar-refractivity contribution in [3.63, 3.8) is 0 Å². The van der Waals surface area contributed by atoms with Crippen molar-refractivity contribution in [1.29, 1.82) is 0 Å². The average Bonchev–Trinajstić information content (AvgIpc) is 2.69. The number of nitrogens with one attached hydrogen (secondary N) is 1. The van der Waals surface area contributed by atoms with Crippen LogP contribution < -0.4 is 5.32 Å². The van der Waals surface area contributed by atoms with Crippen LogP contribution >= 0.6 is 0 Å². The summed E-state index contributed by atoms with van der Waals surface area (Å²) in [5.41, 5.74) is 2.89. The fraction of sp³-hybridized carbons (Fsp3) is 0.0455. The van der Waals surface area contributed by atoms with E-state index >= 15 is 0 Å². The quantitative estimate of drug-likeness (QED) is 0.509. The van der Waals surface area contributed by atoms with Crippen molar-refractivity contribution in [3.8, 4) is 0 Å². The topological polar surface area (TPSA) is 46.2 Å². The number of carbonyl (C=O) groups excluding carboxylic acids is 1. The van der Waals surface area contributed by atoms with Gasteiger partial charge in [0.1, 0.15) is 0 Å². The van der Waals surface area contributed by atoms with Crippen LogP contribution in [0.3, 0.4) is 0 Å². The van der Waals surface area contributed by atoms with E-state index in [1.54, 1.807) is 24.5 Å². The Bertz CT molecular complexity index is 950. The molecule has 3 nitrogen and oxygen atoms in total. The van der Waals surface area contributed by atoms with Crippen molar-refractivity contribution >= 4 is 28.0 Å². The predicted molar refractivity (Wildman–Crippen MR) is 108 cm³/mol. The van der Waals surface area contributed by atoms with Gasteiger partial charge in [-0.2, -0.15) is 0 Å². The van der Waals surface area contributed by atoms with E-state index in [0.717, 1.165) is 11.3 Å². The number of hydrogen-bond acceptors (Lipinski definition) is 3. The first-order valence-corrected chi connectivity index (χ1v) is 9.77. The van der Waals surface area contributed by atoms with Crippen molar-refractivity contribution in [2.75, 3.05) is 11.6 Å². The summed E-state index contributed by atoms with van der Waals surface area (Å²) in [7, 11) is -1.14. The largest absolute Gasteiger partial charge is 0.354 e. The first kappa shape index (κ1) is 17.8. The summed E-state index contributed by atoms with van der Waals surface area (Å²) >= 11 is 0. The predicted octanol–water partition coefficient (Wildman–Crippen LogP) is 4.76. The van der Waals surface area contributed by atoms with Crippen molar-refractivity contribution in [2.45, 2.75) is 4.90 Å². The molecule has 0 heterocycles. The second-order valence-electron chi connectivity index (χ2n) is 5.73. The molecule has 1 unspecified atom stereocenters. The van der Waals surface area contributed by atoms with Crippen LogP contribution in [0, 0.1) is 0 Å². The van der Waals surface area contributed by atoms with Crippen LogP contribution in [0.15, 0.2) is 95.9 Å². The number of benzene rings is 3. The van der Waals surface area contributed by atoms with Crippen LogP contribution in [0.2, 0.25) is 0 Å².